The number of carbonyl (C=O) groups excluding carboxylic acids is 2. The highest BCUT2D eigenvalue weighted by Crippen LogP contribution is 2.36. The summed E-state index contributed by atoms with van der Waals surface area (Å²) in [6, 6.07) is 17.5. The third kappa shape index (κ3) is 6.73. The number of benzene rings is 2. The number of hydrogen-bond donors (Lipinski definition) is 1. The van der Waals surface area contributed by atoms with Crippen LogP contribution in [0, 0.1) is 0 Å². The van der Waals surface area contributed by atoms with Gasteiger partial charge >= 0.3 is 5.97 Å². The first-order valence-corrected chi connectivity index (χ1v) is 9.75. The van der Waals surface area contributed by atoms with Crippen LogP contribution in [0.5, 0.6) is 0 Å². The molecule has 138 valence electrons. The number of hydrogen-bond acceptors (Lipinski definition) is 4. The Balaban J connectivity index is 1.98. The van der Waals surface area contributed by atoms with E-state index in [4.69, 9.17) is 16.3 Å². The van der Waals surface area contributed by atoms with Crippen molar-refractivity contribution in [1.29, 1.82) is 0 Å². The molecule has 26 heavy (non-hydrogen) atoms. The van der Waals surface area contributed by atoms with E-state index in [0.29, 0.717) is 5.02 Å². The fourth-order valence-electron chi connectivity index (χ4n) is 2.35. The van der Waals surface area contributed by atoms with Crippen molar-refractivity contribution in [1.82, 2.24) is 5.32 Å². The molecule has 0 aromatic heterocycles. The minimum atomic E-state index is -0.413. The van der Waals surface area contributed by atoms with Crippen LogP contribution in [0.2, 0.25) is 5.02 Å². The van der Waals surface area contributed by atoms with E-state index in [1.165, 1.54) is 11.8 Å². The number of ether oxygens (including phenoxy) is 1. The maximum absolute atomic E-state index is 12.0. The number of thioether (sulfide) groups is 1. The minimum absolute atomic E-state index is 0.0166. The molecule has 0 radical (unpaired) electrons. The number of nitrogens with one attached hydrogen (secondary N) is 1. The zero-order valence-electron chi connectivity index (χ0n) is 14.8. The summed E-state index contributed by atoms with van der Waals surface area (Å²) < 4.78 is 5.05. The van der Waals surface area contributed by atoms with Crippen molar-refractivity contribution in [3.63, 3.8) is 0 Å². The van der Waals surface area contributed by atoms with Crippen LogP contribution < -0.4 is 5.32 Å². The Morgan fingerprint density at radius 2 is 1.65 bits per heavy atom. The van der Waals surface area contributed by atoms with Crippen LogP contribution in [0.15, 0.2) is 54.6 Å². The quantitative estimate of drug-likeness (QED) is 0.684. The van der Waals surface area contributed by atoms with Crippen molar-refractivity contribution in [3.05, 3.63) is 70.7 Å². The van der Waals surface area contributed by atoms with E-state index in [9.17, 15) is 9.59 Å². The maximum atomic E-state index is 12.0. The van der Waals surface area contributed by atoms with Crippen molar-refractivity contribution in [2.45, 2.75) is 25.1 Å². The van der Waals surface area contributed by atoms with E-state index in [1.54, 1.807) is 0 Å². The Labute approximate surface area is 163 Å². The average Bonchev–Trinajstić information content (AvgIpc) is 2.62. The van der Waals surface area contributed by atoms with Gasteiger partial charge in [-0.1, -0.05) is 54.1 Å². The van der Waals surface area contributed by atoms with Gasteiger partial charge in [-0.25, -0.2) is 0 Å². The molecule has 1 N–H and O–H groups in total. The summed E-state index contributed by atoms with van der Waals surface area (Å²) in [4.78, 5) is 23.6. The molecule has 0 fully saturated rings. The lowest BCUT2D eigenvalue weighted by molar-refractivity contribution is -0.146. The van der Waals surface area contributed by atoms with Gasteiger partial charge in [-0.2, -0.15) is 0 Å². The molecule has 2 aromatic carbocycles. The van der Waals surface area contributed by atoms with Gasteiger partial charge in [0.25, 0.3) is 5.91 Å². The van der Waals surface area contributed by atoms with Crippen LogP contribution in [0.25, 0.3) is 0 Å². The van der Waals surface area contributed by atoms with Gasteiger partial charge in [-0.15, -0.1) is 11.8 Å². The van der Waals surface area contributed by atoms with Crippen LogP contribution in [0.1, 0.15) is 30.2 Å². The molecule has 0 aliphatic rings. The molecule has 0 saturated heterocycles. The molecule has 0 bridgehead atoms. The standard InChI is InChI=1S/C20H22ClNO3S/c1-14(2)22-18(23)12-25-19(24)13-26-20(15-6-4-3-5-7-15)16-8-10-17(21)11-9-16/h3-11,14,20H,12-13H2,1-2H3,(H,22,23)/t20-/m0/s1. The third-order valence-corrected chi connectivity index (χ3v) is 4.99. The second kappa shape index (κ2) is 10.2. The van der Waals surface area contributed by atoms with Gasteiger partial charge in [0.2, 0.25) is 0 Å². The topological polar surface area (TPSA) is 55.4 Å². The van der Waals surface area contributed by atoms with E-state index in [2.05, 4.69) is 5.32 Å². The molecule has 0 aliphatic carbocycles. The number of rotatable bonds is 8. The lowest BCUT2D eigenvalue weighted by Gasteiger charge is -2.17. The first-order valence-electron chi connectivity index (χ1n) is 8.32. The van der Waals surface area contributed by atoms with Gasteiger partial charge in [0.05, 0.1) is 11.0 Å². The molecule has 0 spiro atoms. The average molecular weight is 392 g/mol. The SMILES string of the molecule is CC(C)NC(=O)COC(=O)CS[C@@H](c1ccccc1)c1ccc(Cl)cc1. The summed E-state index contributed by atoms with van der Waals surface area (Å²) in [5.41, 5.74) is 2.14. The van der Waals surface area contributed by atoms with Crippen molar-refractivity contribution in [2.75, 3.05) is 12.4 Å². The lowest BCUT2D eigenvalue weighted by Crippen LogP contribution is -2.34. The maximum Gasteiger partial charge on any atom is 0.316 e. The van der Waals surface area contributed by atoms with Crippen LogP contribution in [0.3, 0.4) is 0 Å². The largest absolute Gasteiger partial charge is 0.455 e. The van der Waals surface area contributed by atoms with Crippen molar-refractivity contribution in [2.24, 2.45) is 0 Å². The van der Waals surface area contributed by atoms with Crippen molar-refractivity contribution >= 4 is 35.2 Å². The van der Waals surface area contributed by atoms with Crippen LogP contribution in [0.4, 0.5) is 0 Å². The van der Waals surface area contributed by atoms with E-state index in [-0.39, 0.29) is 29.6 Å². The van der Waals surface area contributed by atoms with Gasteiger partial charge in [0.15, 0.2) is 6.61 Å². The van der Waals surface area contributed by atoms with Gasteiger partial charge in [-0.3, -0.25) is 9.59 Å². The Hall–Kier alpha value is -1.98. The van der Waals surface area contributed by atoms with E-state index < -0.39 is 5.97 Å². The number of esters is 1. The first-order chi connectivity index (χ1) is 12.5. The molecular weight excluding hydrogens is 370 g/mol. The molecule has 0 aliphatic heterocycles. The molecular formula is C20H22ClNO3S. The summed E-state index contributed by atoms with van der Waals surface area (Å²) in [6.45, 7) is 3.45. The molecule has 1 atom stereocenters. The van der Waals surface area contributed by atoms with Crippen molar-refractivity contribution in [3.8, 4) is 0 Å². The van der Waals surface area contributed by atoms with Crippen LogP contribution in [-0.4, -0.2) is 30.3 Å². The minimum Gasteiger partial charge on any atom is -0.455 e. The monoisotopic (exact) mass is 391 g/mol. The third-order valence-electron chi connectivity index (χ3n) is 3.46. The van der Waals surface area contributed by atoms with E-state index in [1.807, 2.05) is 68.4 Å². The molecule has 2 rings (SSSR count). The molecule has 6 heteroatoms. The number of amides is 1. The highest BCUT2D eigenvalue weighted by molar-refractivity contribution is 8.00. The smallest absolute Gasteiger partial charge is 0.316 e. The normalized spacial score (nSPS) is 11.8. The molecule has 4 nitrogen and oxygen atoms in total. The molecule has 1 amide bonds. The lowest BCUT2D eigenvalue weighted by atomic mass is 10.0. The Morgan fingerprint density at radius 3 is 2.27 bits per heavy atom. The molecule has 0 saturated carbocycles. The zero-order chi connectivity index (χ0) is 18.9. The second-order valence-corrected chi connectivity index (χ2v) is 7.57. The summed E-state index contributed by atoms with van der Waals surface area (Å²) in [7, 11) is 0. The predicted molar refractivity (Wildman–Crippen MR) is 106 cm³/mol. The van der Waals surface area contributed by atoms with Gasteiger partial charge in [0.1, 0.15) is 0 Å². The Bertz CT molecular complexity index is 720. The molecule has 0 unspecified atom stereocenters. The Morgan fingerprint density at radius 1 is 1.04 bits per heavy atom. The molecule has 0 heterocycles. The van der Waals surface area contributed by atoms with Crippen LogP contribution >= 0.6 is 23.4 Å². The highest BCUT2D eigenvalue weighted by Gasteiger charge is 2.17. The van der Waals surface area contributed by atoms with Gasteiger partial charge < -0.3 is 10.1 Å². The van der Waals surface area contributed by atoms with Gasteiger partial charge in [-0.05, 0) is 37.1 Å². The molecule has 2 aromatic rings. The highest BCUT2D eigenvalue weighted by atomic mass is 35.5. The fourth-order valence-corrected chi connectivity index (χ4v) is 3.56. The van der Waals surface area contributed by atoms with E-state index in [0.717, 1.165) is 11.1 Å². The second-order valence-electron chi connectivity index (χ2n) is 6.04. The summed E-state index contributed by atoms with van der Waals surface area (Å²) in [5, 5.41) is 3.33. The Kier molecular flexibility index (Phi) is 8.01. The first kappa shape index (κ1) is 20.3. The zero-order valence-corrected chi connectivity index (χ0v) is 16.3. The van der Waals surface area contributed by atoms with Crippen molar-refractivity contribution < 1.29 is 14.3 Å². The summed E-state index contributed by atoms with van der Waals surface area (Å²) in [5.74, 6) is -0.559. The summed E-state index contributed by atoms with van der Waals surface area (Å²) >= 11 is 7.44. The fraction of sp³-hybridized carbons (Fsp3) is 0.300. The predicted octanol–water partition coefficient (Wildman–Crippen LogP) is 4.23. The van der Waals surface area contributed by atoms with E-state index >= 15 is 0 Å². The number of halogens is 1. The number of carbonyl (C=O) groups is 2. The van der Waals surface area contributed by atoms with Gasteiger partial charge in [0, 0.05) is 11.1 Å². The summed E-state index contributed by atoms with van der Waals surface area (Å²) in [6.07, 6.45) is 0. The van der Waals surface area contributed by atoms with Crippen LogP contribution in [-0.2, 0) is 14.3 Å².